The van der Waals surface area contributed by atoms with E-state index in [2.05, 4.69) is 10.1 Å². The number of aromatic hydroxyl groups is 1. The van der Waals surface area contributed by atoms with Gasteiger partial charge in [-0.3, -0.25) is 4.31 Å². The van der Waals surface area contributed by atoms with Gasteiger partial charge in [0.05, 0.1) is 17.5 Å². The van der Waals surface area contributed by atoms with Crippen LogP contribution in [0.4, 0.5) is 18.9 Å². The zero-order valence-corrected chi connectivity index (χ0v) is 21.6. The highest BCUT2D eigenvalue weighted by molar-refractivity contribution is 7.93. The molecule has 206 valence electrons. The molecule has 2 bridgehead atoms. The van der Waals surface area contributed by atoms with E-state index in [4.69, 9.17) is 4.74 Å². The van der Waals surface area contributed by atoms with Crippen LogP contribution in [0, 0.1) is 0 Å². The summed E-state index contributed by atoms with van der Waals surface area (Å²) in [4.78, 5) is 3.94. The molecule has 3 atom stereocenters. The normalized spacial score (nSPS) is 20.7. The zero-order chi connectivity index (χ0) is 28.1. The van der Waals surface area contributed by atoms with Gasteiger partial charge < -0.3 is 9.84 Å². The molecule has 0 spiro atoms. The number of alkyl halides is 3. The molecular formula is C28H23F3N4O4S. The number of rotatable bonds is 7. The van der Waals surface area contributed by atoms with Gasteiger partial charge in [0.1, 0.15) is 36.3 Å². The van der Waals surface area contributed by atoms with Crippen LogP contribution in [-0.4, -0.2) is 58.5 Å². The van der Waals surface area contributed by atoms with Crippen molar-refractivity contribution in [2.75, 3.05) is 10.8 Å². The Bertz CT molecular complexity index is 1640. The van der Waals surface area contributed by atoms with Gasteiger partial charge in [-0.15, -0.1) is 0 Å². The fraction of sp³-hybridized carbons (Fsp3) is 0.214. The smallest absolute Gasteiger partial charge is 0.407 e. The van der Waals surface area contributed by atoms with Crippen LogP contribution < -0.4 is 4.31 Å². The van der Waals surface area contributed by atoms with Crippen LogP contribution in [0.2, 0.25) is 0 Å². The highest BCUT2D eigenvalue weighted by atomic mass is 32.2. The second-order valence-corrected chi connectivity index (χ2v) is 11.7. The quantitative estimate of drug-likeness (QED) is 0.343. The van der Waals surface area contributed by atoms with Crippen LogP contribution in [-0.2, 0) is 14.8 Å². The summed E-state index contributed by atoms with van der Waals surface area (Å²) in [6, 6.07) is 20.9. The first kappa shape index (κ1) is 26.1. The maximum Gasteiger partial charge on any atom is 0.407 e. The van der Waals surface area contributed by atoms with Crippen LogP contribution in [0.25, 0.3) is 16.8 Å². The van der Waals surface area contributed by atoms with E-state index < -0.39 is 40.2 Å². The second-order valence-electron chi connectivity index (χ2n) is 9.58. The first-order valence-corrected chi connectivity index (χ1v) is 13.9. The van der Waals surface area contributed by atoms with Gasteiger partial charge in [0.25, 0.3) is 0 Å². The monoisotopic (exact) mass is 568 g/mol. The van der Waals surface area contributed by atoms with Gasteiger partial charge in [0, 0.05) is 0 Å². The fourth-order valence-electron chi connectivity index (χ4n) is 5.39. The van der Waals surface area contributed by atoms with Gasteiger partial charge in [-0.25, -0.2) is 18.1 Å². The number of ether oxygens (including phenoxy) is 1. The highest BCUT2D eigenvalue weighted by Crippen LogP contribution is 2.51. The van der Waals surface area contributed by atoms with Gasteiger partial charge in [-0.2, -0.15) is 18.3 Å². The van der Waals surface area contributed by atoms with Crippen LogP contribution >= 0.6 is 0 Å². The van der Waals surface area contributed by atoms with E-state index in [0.717, 1.165) is 16.8 Å². The molecule has 2 aliphatic rings. The average molecular weight is 569 g/mol. The van der Waals surface area contributed by atoms with Crippen LogP contribution in [0.15, 0.2) is 91.5 Å². The van der Waals surface area contributed by atoms with Crippen molar-refractivity contribution in [3.8, 4) is 11.4 Å². The Hall–Kier alpha value is -4.16. The molecule has 1 N–H and O–H groups in total. The van der Waals surface area contributed by atoms with Crippen molar-refractivity contribution < 1.29 is 31.4 Å². The van der Waals surface area contributed by atoms with Gasteiger partial charge in [-0.05, 0) is 65.1 Å². The van der Waals surface area contributed by atoms with Gasteiger partial charge in [-0.1, -0.05) is 42.5 Å². The summed E-state index contributed by atoms with van der Waals surface area (Å²) in [5.41, 5.74) is 3.38. The number of para-hydroxylation sites is 1. The number of hydrogen-bond acceptors (Lipinski definition) is 6. The van der Waals surface area contributed by atoms with E-state index in [1.165, 1.54) is 49.1 Å². The number of benzene rings is 3. The molecule has 1 fully saturated rings. The number of phenolic OH excluding ortho intramolecular Hbond substituents is 1. The minimum Gasteiger partial charge on any atom is -0.508 e. The van der Waals surface area contributed by atoms with E-state index in [1.807, 2.05) is 0 Å². The first-order chi connectivity index (χ1) is 19.1. The maximum absolute atomic E-state index is 13.9. The standard InChI is InChI=1S/C28H23F3N4O4S/c29-28(30,31)15-35(21-4-2-1-3-5-21)40(37,38)24-14-23-25(18-8-12-22(36)13-9-18)26(27(24)39-23)19-6-10-20(11-7-19)34-17-32-16-33-34/h1-13,16-17,23-24,27,36H,14-15H2/t23-,24+,27+/m1/s1. The molecule has 0 aliphatic carbocycles. The van der Waals surface area contributed by atoms with Crippen LogP contribution in [0.3, 0.4) is 0 Å². The van der Waals surface area contributed by atoms with Crippen LogP contribution in [0.5, 0.6) is 5.75 Å². The minimum atomic E-state index is -4.76. The summed E-state index contributed by atoms with van der Waals surface area (Å²) in [5, 5.41) is 12.7. The third-order valence-corrected chi connectivity index (χ3v) is 9.25. The molecule has 1 aromatic heterocycles. The lowest BCUT2D eigenvalue weighted by atomic mass is 9.83. The molecule has 6 rings (SSSR count). The lowest BCUT2D eigenvalue weighted by Crippen LogP contribution is -2.47. The van der Waals surface area contributed by atoms with Crippen molar-refractivity contribution in [2.24, 2.45) is 0 Å². The van der Waals surface area contributed by atoms with Crippen molar-refractivity contribution >= 4 is 26.9 Å². The average Bonchev–Trinajstić information content (AvgIpc) is 3.70. The Morgan fingerprint density at radius 3 is 2.23 bits per heavy atom. The number of sulfonamides is 1. The highest BCUT2D eigenvalue weighted by Gasteiger charge is 2.55. The van der Waals surface area contributed by atoms with Gasteiger partial charge in [0.15, 0.2) is 0 Å². The number of halogens is 3. The van der Waals surface area contributed by atoms with Crippen LogP contribution in [0.1, 0.15) is 17.5 Å². The number of hydrogen-bond donors (Lipinski definition) is 1. The Balaban J connectivity index is 1.44. The number of anilines is 1. The summed E-state index contributed by atoms with van der Waals surface area (Å²) in [7, 11) is -4.52. The minimum absolute atomic E-state index is 0.00899. The van der Waals surface area contributed by atoms with Gasteiger partial charge in [0.2, 0.25) is 10.0 Å². The second kappa shape index (κ2) is 9.79. The molecule has 8 nitrogen and oxygen atoms in total. The molecule has 3 aromatic carbocycles. The Kier molecular flexibility index (Phi) is 6.38. The molecule has 0 unspecified atom stereocenters. The van der Waals surface area contributed by atoms with Crippen molar-refractivity contribution in [2.45, 2.75) is 30.1 Å². The zero-order valence-electron chi connectivity index (χ0n) is 20.8. The molecule has 0 amide bonds. The summed E-state index contributed by atoms with van der Waals surface area (Å²) in [5.74, 6) is 0.0678. The van der Waals surface area contributed by atoms with E-state index in [9.17, 15) is 26.7 Å². The fourth-order valence-corrected chi connectivity index (χ4v) is 7.38. The number of aromatic nitrogens is 3. The molecule has 2 aliphatic heterocycles. The molecule has 0 saturated carbocycles. The molecule has 1 saturated heterocycles. The molecule has 3 heterocycles. The van der Waals surface area contributed by atoms with Crippen molar-refractivity contribution in [1.82, 2.24) is 14.8 Å². The van der Waals surface area contributed by atoms with E-state index in [0.29, 0.717) is 15.4 Å². The summed E-state index contributed by atoms with van der Waals surface area (Å²) < 4.78 is 77.0. The summed E-state index contributed by atoms with van der Waals surface area (Å²) >= 11 is 0. The van der Waals surface area contributed by atoms with E-state index in [-0.39, 0.29) is 17.9 Å². The molecular weight excluding hydrogens is 545 g/mol. The van der Waals surface area contributed by atoms with Crippen molar-refractivity contribution in [1.29, 1.82) is 0 Å². The van der Waals surface area contributed by atoms with E-state index in [1.54, 1.807) is 47.1 Å². The third-order valence-electron chi connectivity index (χ3n) is 7.09. The largest absolute Gasteiger partial charge is 0.508 e. The lowest BCUT2D eigenvalue weighted by Gasteiger charge is -2.32. The third kappa shape index (κ3) is 4.73. The Morgan fingerprint density at radius 2 is 1.60 bits per heavy atom. The molecule has 4 aromatic rings. The Morgan fingerprint density at radius 1 is 0.950 bits per heavy atom. The molecule has 12 heteroatoms. The maximum atomic E-state index is 13.9. The van der Waals surface area contributed by atoms with Crippen molar-refractivity contribution in [3.63, 3.8) is 0 Å². The van der Waals surface area contributed by atoms with E-state index >= 15 is 0 Å². The number of phenols is 1. The Labute approximate surface area is 228 Å². The predicted octanol–water partition coefficient (Wildman–Crippen LogP) is 4.82. The number of nitrogens with zero attached hydrogens (tertiary/aromatic N) is 4. The topological polar surface area (TPSA) is 97.6 Å². The summed E-state index contributed by atoms with van der Waals surface area (Å²) in [6.45, 7) is -1.65. The number of fused-ring (bicyclic) bond motifs is 2. The summed E-state index contributed by atoms with van der Waals surface area (Å²) in [6.07, 6.45) is -3.49. The first-order valence-electron chi connectivity index (χ1n) is 12.4. The molecule has 0 radical (unpaired) electrons. The van der Waals surface area contributed by atoms with Crippen molar-refractivity contribution in [3.05, 3.63) is 103 Å². The molecule has 40 heavy (non-hydrogen) atoms. The SMILES string of the molecule is O=S(=O)([C@H]1C[C@H]2O[C@@H]1C(c1ccc(-n3cncn3)cc1)=C2c1ccc(O)cc1)N(CC(F)(F)F)c1ccccc1. The van der Waals surface area contributed by atoms with Gasteiger partial charge >= 0.3 is 6.18 Å². The lowest BCUT2D eigenvalue weighted by molar-refractivity contribution is -0.117. The predicted molar refractivity (Wildman–Crippen MR) is 142 cm³/mol.